The number of hydrogen-bond acceptors (Lipinski definition) is 1. The molecule has 0 atom stereocenters. The average molecular weight is 226 g/mol. The van der Waals surface area contributed by atoms with E-state index in [9.17, 15) is 17.7 Å². The van der Waals surface area contributed by atoms with Gasteiger partial charge in [-0.1, -0.05) is 12.1 Å². The van der Waals surface area contributed by atoms with E-state index in [1.54, 1.807) is 0 Å². The summed E-state index contributed by atoms with van der Waals surface area (Å²) >= 11 is 0. The van der Waals surface area contributed by atoms with E-state index in [2.05, 4.69) is 0 Å². The van der Waals surface area contributed by atoms with E-state index in [0.717, 1.165) is 12.1 Å². The summed E-state index contributed by atoms with van der Waals surface area (Å²) in [6, 6.07) is 3.56. The molecule has 0 amide bonds. The zero-order valence-electron chi connectivity index (χ0n) is 6.69. The van der Waals surface area contributed by atoms with Crippen LogP contribution in [-0.2, 0) is 10.2 Å². The van der Waals surface area contributed by atoms with E-state index in [1.165, 1.54) is 0 Å². The second-order valence-electron chi connectivity index (χ2n) is 2.57. The smallest absolute Gasteiger partial charge is 0.320 e. The van der Waals surface area contributed by atoms with Crippen molar-refractivity contribution < 1.29 is 27.5 Å². The molecule has 0 aliphatic heterocycles. The van der Waals surface area contributed by atoms with E-state index >= 15 is 0 Å². The molecule has 3 nitrogen and oxygen atoms in total. The fourth-order valence-electron chi connectivity index (χ4n) is 0.862. The molecular weight excluding hydrogens is 220 g/mol. The first-order valence-corrected chi connectivity index (χ1v) is 5.06. The van der Waals surface area contributed by atoms with Crippen molar-refractivity contribution in [1.29, 1.82) is 0 Å². The van der Waals surface area contributed by atoms with Crippen molar-refractivity contribution in [2.24, 2.45) is 0 Å². The highest BCUT2D eigenvalue weighted by molar-refractivity contribution is 7.52. The molecule has 0 aliphatic carbocycles. The van der Waals surface area contributed by atoms with Gasteiger partial charge in [-0.2, -0.15) is 8.78 Å². The quantitative estimate of drug-likeness (QED) is 0.758. The Morgan fingerprint density at radius 3 is 2.14 bits per heavy atom. The highest BCUT2D eigenvalue weighted by Crippen LogP contribution is 2.59. The maximum Gasteiger partial charge on any atom is 0.399 e. The van der Waals surface area contributed by atoms with Crippen molar-refractivity contribution in [3.63, 3.8) is 0 Å². The van der Waals surface area contributed by atoms with Gasteiger partial charge in [-0.05, 0) is 12.1 Å². The van der Waals surface area contributed by atoms with Crippen molar-refractivity contribution in [1.82, 2.24) is 0 Å². The van der Waals surface area contributed by atoms with Crippen LogP contribution >= 0.6 is 7.60 Å². The molecule has 14 heavy (non-hydrogen) atoms. The molecule has 0 fully saturated rings. The van der Waals surface area contributed by atoms with Crippen LogP contribution < -0.4 is 0 Å². The van der Waals surface area contributed by atoms with Crippen LogP contribution in [0.4, 0.5) is 13.2 Å². The third-order valence-electron chi connectivity index (χ3n) is 1.56. The molecule has 0 spiro atoms. The van der Waals surface area contributed by atoms with Crippen molar-refractivity contribution >= 4 is 7.60 Å². The Bertz CT molecular complexity index is 388. The minimum atomic E-state index is -5.69. The van der Waals surface area contributed by atoms with Crippen molar-refractivity contribution in [2.45, 2.75) is 5.66 Å². The van der Waals surface area contributed by atoms with Gasteiger partial charge in [-0.25, -0.2) is 4.39 Å². The number of alkyl halides is 2. The molecule has 1 rings (SSSR count). The Balaban J connectivity index is 3.31. The molecule has 0 aliphatic rings. The number of halogens is 3. The molecule has 7 heteroatoms. The summed E-state index contributed by atoms with van der Waals surface area (Å²) < 4.78 is 49.0. The Morgan fingerprint density at radius 2 is 1.71 bits per heavy atom. The van der Waals surface area contributed by atoms with Gasteiger partial charge in [0.15, 0.2) is 0 Å². The van der Waals surface area contributed by atoms with E-state index in [0.29, 0.717) is 12.1 Å². The number of hydrogen-bond donors (Lipinski definition) is 2. The zero-order valence-corrected chi connectivity index (χ0v) is 7.59. The SMILES string of the molecule is O=P(O)(O)C(F)(F)c1ccccc1F. The second-order valence-corrected chi connectivity index (χ2v) is 4.21. The summed E-state index contributed by atoms with van der Waals surface area (Å²) in [5, 5.41) is 0. The van der Waals surface area contributed by atoms with Crippen LogP contribution in [0.3, 0.4) is 0 Å². The molecule has 0 unspecified atom stereocenters. The maximum atomic E-state index is 12.9. The third-order valence-corrected chi connectivity index (χ3v) is 2.54. The van der Waals surface area contributed by atoms with E-state index in [4.69, 9.17) is 9.79 Å². The summed E-state index contributed by atoms with van der Waals surface area (Å²) in [7, 11) is -5.69. The van der Waals surface area contributed by atoms with Gasteiger partial charge in [0.2, 0.25) is 0 Å². The lowest BCUT2D eigenvalue weighted by atomic mass is 10.2. The first-order valence-electron chi connectivity index (χ1n) is 3.45. The van der Waals surface area contributed by atoms with Gasteiger partial charge in [0.25, 0.3) is 0 Å². The molecule has 0 bridgehead atoms. The Kier molecular flexibility index (Phi) is 2.71. The van der Waals surface area contributed by atoms with E-state index in [-0.39, 0.29) is 0 Å². The monoisotopic (exact) mass is 226 g/mol. The lowest BCUT2D eigenvalue weighted by Gasteiger charge is -2.17. The summed E-state index contributed by atoms with van der Waals surface area (Å²) in [6.07, 6.45) is 0. The highest BCUT2D eigenvalue weighted by Gasteiger charge is 2.51. The zero-order chi connectivity index (χ0) is 11.0. The predicted octanol–water partition coefficient (Wildman–Crippen LogP) is 2.05. The van der Waals surface area contributed by atoms with Gasteiger partial charge in [0, 0.05) is 0 Å². The van der Waals surface area contributed by atoms with Crippen molar-refractivity contribution in [3.8, 4) is 0 Å². The largest absolute Gasteiger partial charge is 0.399 e. The standard InChI is InChI=1S/C7H6F3O3P/c8-6-4-2-1-3-5(6)7(9,10)14(11,12)13/h1-4H,(H2,11,12,13). The molecule has 0 aromatic heterocycles. The van der Waals surface area contributed by atoms with Crippen LogP contribution in [0.2, 0.25) is 0 Å². The lowest BCUT2D eigenvalue weighted by Crippen LogP contribution is -2.15. The molecule has 0 saturated heterocycles. The molecule has 2 N–H and O–H groups in total. The summed E-state index contributed by atoms with van der Waals surface area (Å²) in [5.41, 5.74) is -5.79. The van der Waals surface area contributed by atoms with Gasteiger partial charge in [0.05, 0.1) is 5.56 Å². The van der Waals surface area contributed by atoms with Crippen molar-refractivity contribution in [2.75, 3.05) is 0 Å². The first-order chi connectivity index (χ1) is 6.27. The van der Waals surface area contributed by atoms with Crippen LogP contribution in [0.5, 0.6) is 0 Å². The lowest BCUT2D eigenvalue weighted by molar-refractivity contribution is 0.0527. The average Bonchev–Trinajstić information content (AvgIpc) is 2.02. The topological polar surface area (TPSA) is 57.5 Å². The molecule has 0 heterocycles. The predicted molar refractivity (Wildman–Crippen MR) is 42.3 cm³/mol. The summed E-state index contributed by atoms with van der Waals surface area (Å²) in [4.78, 5) is 16.6. The number of benzene rings is 1. The fourth-order valence-corrected chi connectivity index (χ4v) is 1.36. The highest BCUT2D eigenvalue weighted by atomic mass is 31.2. The van der Waals surface area contributed by atoms with Gasteiger partial charge in [0.1, 0.15) is 5.82 Å². The summed E-state index contributed by atoms with van der Waals surface area (Å²) in [5.74, 6) is -1.35. The fraction of sp³-hybridized carbons (Fsp3) is 0.143. The second kappa shape index (κ2) is 3.38. The first kappa shape index (κ1) is 11.2. The van der Waals surface area contributed by atoms with Crippen LogP contribution in [0.15, 0.2) is 24.3 Å². The summed E-state index contributed by atoms with van der Waals surface area (Å²) in [6.45, 7) is 0. The van der Waals surface area contributed by atoms with Crippen LogP contribution in [0, 0.1) is 5.82 Å². The van der Waals surface area contributed by atoms with Crippen LogP contribution in [0.25, 0.3) is 0 Å². The number of rotatable bonds is 2. The molecule has 0 saturated carbocycles. The minimum absolute atomic E-state index is 0.633. The van der Waals surface area contributed by atoms with Crippen LogP contribution in [0.1, 0.15) is 5.56 Å². The van der Waals surface area contributed by atoms with Gasteiger partial charge < -0.3 is 9.79 Å². The minimum Gasteiger partial charge on any atom is -0.320 e. The van der Waals surface area contributed by atoms with Crippen molar-refractivity contribution in [3.05, 3.63) is 35.6 Å². The molecule has 0 radical (unpaired) electrons. The van der Waals surface area contributed by atoms with Gasteiger partial charge >= 0.3 is 13.3 Å². The van der Waals surface area contributed by atoms with Gasteiger partial charge in [-0.3, -0.25) is 4.57 Å². The molecule has 1 aromatic carbocycles. The Labute approximate surface area is 77.3 Å². The Hall–Kier alpha value is -0.840. The van der Waals surface area contributed by atoms with Gasteiger partial charge in [-0.15, -0.1) is 0 Å². The molecule has 1 aromatic rings. The van der Waals surface area contributed by atoms with Crippen LogP contribution in [-0.4, -0.2) is 9.79 Å². The van der Waals surface area contributed by atoms with E-state index < -0.39 is 24.6 Å². The normalized spacial score (nSPS) is 12.9. The molecule has 78 valence electrons. The molecular formula is C7H6F3O3P. The van der Waals surface area contributed by atoms with E-state index in [1.807, 2.05) is 0 Å². The Morgan fingerprint density at radius 1 is 1.21 bits per heavy atom. The maximum absolute atomic E-state index is 12.9. The third kappa shape index (κ3) is 1.82.